The highest BCUT2D eigenvalue weighted by Crippen LogP contribution is 2.19. The normalized spacial score (nSPS) is 14.0. The molecule has 1 fully saturated rings. The number of hydrogen-bond donors (Lipinski definition) is 1. The summed E-state index contributed by atoms with van der Waals surface area (Å²) in [6, 6.07) is 11.7. The minimum Gasteiger partial charge on any atom is -0.357 e. The number of aryl methyl sites for hydroxylation is 1. The van der Waals surface area contributed by atoms with E-state index >= 15 is 0 Å². The van der Waals surface area contributed by atoms with Crippen molar-refractivity contribution in [2.45, 2.75) is 32.2 Å². The van der Waals surface area contributed by atoms with E-state index in [1.165, 1.54) is 12.8 Å². The molecule has 0 saturated carbocycles. The zero-order valence-corrected chi connectivity index (χ0v) is 14.4. The first-order valence-corrected chi connectivity index (χ1v) is 8.80. The summed E-state index contributed by atoms with van der Waals surface area (Å²) in [5.74, 6) is 1.05. The van der Waals surface area contributed by atoms with Gasteiger partial charge in [-0.3, -0.25) is 4.79 Å². The van der Waals surface area contributed by atoms with Gasteiger partial charge in [-0.05, 0) is 48.6 Å². The van der Waals surface area contributed by atoms with Crippen LogP contribution in [0.15, 0.2) is 42.6 Å². The number of halogens is 1. The van der Waals surface area contributed by atoms with Crippen LogP contribution in [0.2, 0.25) is 5.02 Å². The quantitative estimate of drug-likeness (QED) is 0.871. The van der Waals surface area contributed by atoms with E-state index in [-0.39, 0.29) is 5.91 Å². The van der Waals surface area contributed by atoms with E-state index in [0.717, 1.165) is 35.1 Å². The van der Waals surface area contributed by atoms with Crippen molar-refractivity contribution in [3.05, 3.63) is 58.7 Å². The molecule has 1 aliphatic rings. The van der Waals surface area contributed by atoms with E-state index in [1.54, 1.807) is 0 Å². The zero-order valence-electron chi connectivity index (χ0n) is 13.7. The zero-order chi connectivity index (χ0) is 16.8. The minimum atomic E-state index is 0.0365. The summed E-state index contributed by atoms with van der Waals surface area (Å²) >= 11 is 6.12. The first kappa shape index (κ1) is 16.8. The van der Waals surface area contributed by atoms with E-state index in [9.17, 15) is 4.79 Å². The SMILES string of the molecule is O=C(CCc1ccccc1Cl)NCc1ccnc(N2CCCC2)c1. The third kappa shape index (κ3) is 4.48. The standard InChI is InChI=1S/C19H22ClN3O/c20-17-6-2-1-5-16(17)7-8-19(24)22-14-15-9-10-21-18(13-15)23-11-3-4-12-23/h1-2,5-6,9-10,13H,3-4,7-8,11-12,14H2,(H,22,24). The molecule has 24 heavy (non-hydrogen) atoms. The molecular formula is C19H22ClN3O. The Morgan fingerprint density at radius 1 is 1.21 bits per heavy atom. The van der Waals surface area contributed by atoms with Gasteiger partial charge in [0.05, 0.1) is 0 Å². The molecular weight excluding hydrogens is 322 g/mol. The van der Waals surface area contributed by atoms with Crippen LogP contribution in [0, 0.1) is 0 Å². The fourth-order valence-electron chi connectivity index (χ4n) is 2.93. The van der Waals surface area contributed by atoms with Crippen molar-refractivity contribution >= 4 is 23.3 Å². The highest BCUT2D eigenvalue weighted by Gasteiger charge is 2.13. The van der Waals surface area contributed by atoms with E-state index in [2.05, 4.69) is 21.3 Å². The molecule has 0 atom stereocenters. The molecule has 0 bridgehead atoms. The molecule has 1 aromatic carbocycles. The van der Waals surface area contributed by atoms with Crippen LogP contribution in [0.1, 0.15) is 30.4 Å². The number of benzene rings is 1. The first-order chi connectivity index (χ1) is 11.7. The number of rotatable bonds is 6. The van der Waals surface area contributed by atoms with Crippen molar-refractivity contribution in [1.29, 1.82) is 0 Å². The lowest BCUT2D eigenvalue weighted by atomic mass is 10.1. The van der Waals surface area contributed by atoms with Crippen LogP contribution in [-0.2, 0) is 17.8 Å². The number of hydrogen-bond acceptors (Lipinski definition) is 3. The molecule has 3 rings (SSSR count). The summed E-state index contributed by atoms with van der Waals surface area (Å²) in [6.45, 7) is 2.67. The van der Waals surface area contributed by atoms with Gasteiger partial charge in [0.1, 0.15) is 5.82 Å². The van der Waals surface area contributed by atoms with E-state index in [0.29, 0.717) is 19.4 Å². The van der Waals surface area contributed by atoms with Crippen molar-refractivity contribution in [1.82, 2.24) is 10.3 Å². The second-order valence-electron chi connectivity index (χ2n) is 6.08. The minimum absolute atomic E-state index is 0.0365. The number of carbonyl (C=O) groups is 1. The molecule has 1 amide bonds. The lowest BCUT2D eigenvalue weighted by Gasteiger charge is -2.17. The maximum absolute atomic E-state index is 12.1. The topological polar surface area (TPSA) is 45.2 Å². The van der Waals surface area contributed by atoms with Crippen molar-refractivity contribution in [3.8, 4) is 0 Å². The van der Waals surface area contributed by atoms with Crippen molar-refractivity contribution in [3.63, 3.8) is 0 Å². The van der Waals surface area contributed by atoms with Crippen molar-refractivity contribution in [2.75, 3.05) is 18.0 Å². The predicted molar refractivity (Wildman–Crippen MR) is 97.3 cm³/mol. The van der Waals surface area contributed by atoms with Crippen LogP contribution in [0.5, 0.6) is 0 Å². The Balaban J connectivity index is 1.49. The van der Waals surface area contributed by atoms with Crippen LogP contribution < -0.4 is 10.2 Å². The third-order valence-corrected chi connectivity index (χ3v) is 4.68. The average Bonchev–Trinajstić information content (AvgIpc) is 3.14. The molecule has 5 heteroatoms. The highest BCUT2D eigenvalue weighted by molar-refractivity contribution is 6.31. The maximum atomic E-state index is 12.1. The molecule has 4 nitrogen and oxygen atoms in total. The number of aromatic nitrogens is 1. The number of carbonyl (C=O) groups excluding carboxylic acids is 1. The highest BCUT2D eigenvalue weighted by atomic mass is 35.5. The van der Waals surface area contributed by atoms with Gasteiger partial charge in [0.25, 0.3) is 0 Å². The Hall–Kier alpha value is -2.07. The van der Waals surface area contributed by atoms with Crippen LogP contribution >= 0.6 is 11.6 Å². The van der Waals surface area contributed by atoms with Crippen LogP contribution in [0.25, 0.3) is 0 Å². The number of nitrogens with one attached hydrogen (secondary N) is 1. The van der Waals surface area contributed by atoms with Gasteiger partial charge in [0.2, 0.25) is 5.91 Å². The van der Waals surface area contributed by atoms with Crippen molar-refractivity contribution in [2.24, 2.45) is 0 Å². The number of amides is 1. The summed E-state index contributed by atoms with van der Waals surface area (Å²) in [5, 5.41) is 3.70. The Bertz CT molecular complexity index is 699. The summed E-state index contributed by atoms with van der Waals surface area (Å²) in [7, 11) is 0. The van der Waals surface area contributed by atoms with Crippen LogP contribution in [0.3, 0.4) is 0 Å². The van der Waals surface area contributed by atoms with Gasteiger partial charge in [0, 0.05) is 37.3 Å². The molecule has 1 N–H and O–H groups in total. The van der Waals surface area contributed by atoms with Gasteiger partial charge in [-0.2, -0.15) is 0 Å². The molecule has 1 aromatic heterocycles. The molecule has 0 unspecified atom stereocenters. The summed E-state index contributed by atoms with van der Waals surface area (Å²) in [6.07, 6.45) is 5.36. The predicted octanol–water partition coefficient (Wildman–Crippen LogP) is 3.58. The summed E-state index contributed by atoms with van der Waals surface area (Å²) < 4.78 is 0. The molecule has 1 saturated heterocycles. The van der Waals surface area contributed by atoms with Crippen LogP contribution in [-0.4, -0.2) is 24.0 Å². The molecule has 0 spiro atoms. The molecule has 1 aliphatic heterocycles. The largest absolute Gasteiger partial charge is 0.357 e. The molecule has 0 radical (unpaired) electrons. The summed E-state index contributed by atoms with van der Waals surface area (Å²) in [4.78, 5) is 18.8. The lowest BCUT2D eigenvalue weighted by molar-refractivity contribution is -0.121. The monoisotopic (exact) mass is 343 g/mol. The summed E-state index contributed by atoms with van der Waals surface area (Å²) in [5.41, 5.74) is 2.09. The Kier molecular flexibility index (Phi) is 5.70. The fraction of sp³-hybridized carbons (Fsp3) is 0.368. The van der Waals surface area contributed by atoms with E-state index in [4.69, 9.17) is 11.6 Å². The molecule has 2 heterocycles. The number of nitrogens with zero attached hydrogens (tertiary/aromatic N) is 2. The Morgan fingerprint density at radius 3 is 2.79 bits per heavy atom. The van der Waals surface area contributed by atoms with Crippen LogP contribution in [0.4, 0.5) is 5.82 Å². The van der Waals surface area contributed by atoms with Gasteiger partial charge in [0.15, 0.2) is 0 Å². The molecule has 0 aliphatic carbocycles. The average molecular weight is 344 g/mol. The first-order valence-electron chi connectivity index (χ1n) is 8.42. The Morgan fingerprint density at radius 2 is 2.00 bits per heavy atom. The van der Waals surface area contributed by atoms with E-state index in [1.807, 2.05) is 36.5 Å². The number of pyridine rings is 1. The molecule has 2 aromatic rings. The second-order valence-corrected chi connectivity index (χ2v) is 6.49. The van der Waals surface area contributed by atoms with Gasteiger partial charge in [-0.1, -0.05) is 29.8 Å². The van der Waals surface area contributed by atoms with Gasteiger partial charge in [-0.15, -0.1) is 0 Å². The Labute approximate surface area is 147 Å². The van der Waals surface area contributed by atoms with E-state index < -0.39 is 0 Å². The smallest absolute Gasteiger partial charge is 0.220 e. The third-order valence-electron chi connectivity index (χ3n) is 4.31. The maximum Gasteiger partial charge on any atom is 0.220 e. The fourth-order valence-corrected chi connectivity index (χ4v) is 3.16. The second kappa shape index (κ2) is 8.15. The van der Waals surface area contributed by atoms with Gasteiger partial charge < -0.3 is 10.2 Å². The molecule has 126 valence electrons. The van der Waals surface area contributed by atoms with Gasteiger partial charge >= 0.3 is 0 Å². The van der Waals surface area contributed by atoms with Crippen molar-refractivity contribution < 1.29 is 4.79 Å². The van der Waals surface area contributed by atoms with Gasteiger partial charge in [-0.25, -0.2) is 4.98 Å². The lowest BCUT2D eigenvalue weighted by Crippen LogP contribution is -2.24. The number of anilines is 1.